The Bertz CT molecular complexity index is 1140. The molecule has 5 rings (SSSR count). The van der Waals surface area contributed by atoms with Crippen LogP contribution in [-0.2, 0) is 10.2 Å². The van der Waals surface area contributed by atoms with Gasteiger partial charge in [-0.05, 0) is 52.5 Å². The van der Waals surface area contributed by atoms with E-state index < -0.39 is 0 Å². The quantitative estimate of drug-likeness (QED) is 0.460. The molecule has 1 aliphatic carbocycles. The zero-order chi connectivity index (χ0) is 21.6. The summed E-state index contributed by atoms with van der Waals surface area (Å²) in [7, 11) is 0. The predicted molar refractivity (Wildman–Crippen MR) is 130 cm³/mol. The fourth-order valence-electron chi connectivity index (χ4n) is 4.65. The summed E-state index contributed by atoms with van der Waals surface area (Å²) in [4.78, 5) is 14.7. The van der Waals surface area contributed by atoms with Gasteiger partial charge in [-0.3, -0.25) is 4.79 Å². The first kappa shape index (κ1) is 20.1. The van der Waals surface area contributed by atoms with E-state index in [-0.39, 0.29) is 23.2 Å². The lowest BCUT2D eigenvalue weighted by atomic mass is 9.78. The molecule has 2 atom stereocenters. The number of thiophene rings is 1. The summed E-state index contributed by atoms with van der Waals surface area (Å²) >= 11 is 1.70. The molecule has 2 aromatic carbocycles. The lowest BCUT2D eigenvalue weighted by molar-refractivity contribution is -0.116. The number of anilines is 2. The molecule has 3 nitrogen and oxygen atoms in total. The number of benzene rings is 2. The number of hydrogen-bond acceptors (Lipinski definition) is 4. The van der Waals surface area contributed by atoms with Gasteiger partial charge in [0.15, 0.2) is 5.78 Å². The van der Waals surface area contributed by atoms with E-state index in [1.807, 2.05) is 12.1 Å². The van der Waals surface area contributed by atoms with Crippen molar-refractivity contribution in [3.8, 4) is 0 Å². The van der Waals surface area contributed by atoms with Gasteiger partial charge in [-0.25, -0.2) is 0 Å². The van der Waals surface area contributed by atoms with Crippen LogP contribution in [-0.4, -0.2) is 5.78 Å². The first-order valence-corrected chi connectivity index (χ1v) is 11.8. The number of para-hydroxylation sites is 2. The van der Waals surface area contributed by atoms with Gasteiger partial charge in [0.2, 0.25) is 0 Å². The van der Waals surface area contributed by atoms with Crippen molar-refractivity contribution < 1.29 is 4.79 Å². The van der Waals surface area contributed by atoms with Crippen molar-refractivity contribution in [2.45, 2.75) is 51.0 Å². The van der Waals surface area contributed by atoms with E-state index in [1.54, 1.807) is 11.3 Å². The zero-order valence-electron chi connectivity index (χ0n) is 18.2. The van der Waals surface area contributed by atoms with E-state index in [0.717, 1.165) is 29.1 Å². The largest absolute Gasteiger partial charge is 0.372 e. The molecule has 0 amide bonds. The van der Waals surface area contributed by atoms with Crippen LogP contribution in [0.15, 0.2) is 77.3 Å². The van der Waals surface area contributed by atoms with Crippen LogP contribution in [0.1, 0.15) is 61.6 Å². The Morgan fingerprint density at radius 2 is 1.65 bits per heavy atom. The van der Waals surface area contributed by atoms with Crippen LogP contribution in [0, 0.1) is 0 Å². The molecule has 0 unspecified atom stereocenters. The fraction of sp³-hybridized carbons (Fsp3) is 0.296. The monoisotopic (exact) mass is 428 g/mol. The smallest absolute Gasteiger partial charge is 0.163 e. The Morgan fingerprint density at radius 1 is 0.903 bits per heavy atom. The molecule has 1 aliphatic heterocycles. The average molecular weight is 429 g/mol. The molecule has 0 saturated heterocycles. The first-order chi connectivity index (χ1) is 14.9. The number of nitrogens with one attached hydrogen (secondary N) is 2. The second-order valence-electron chi connectivity index (χ2n) is 9.56. The van der Waals surface area contributed by atoms with Crippen LogP contribution >= 0.6 is 11.3 Å². The number of rotatable bonds is 2. The molecule has 0 spiro atoms. The molecule has 0 fully saturated rings. The molecule has 2 heterocycles. The molecule has 0 radical (unpaired) electrons. The average Bonchev–Trinajstić information content (AvgIpc) is 3.22. The second kappa shape index (κ2) is 7.69. The Morgan fingerprint density at radius 3 is 2.32 bits per heavy atom. The number of carbonyl (C=O) groups excluding carboxylic acids is 1. The number of allylic oxidation sites excluding steroid dienone is 1. The van der Waals surface area contributed by atoms with Gasteiger partial charge in [-0.2, -0.15) is 0 Å². The highest BCUT2D eigenvalue weighted by Crippen LogP contribution is 2.45. The van der Waals surface area contributed by atoms with Crippen LogP contribution in [0.25, 0.3) is 0 Å². The van der Waals surface area contributed by atoms with Crippen LogP contribution in [0.4, 0.5) is 11.4 Å². The molecule has 2 aliphatic rings. The normalized spacial score (nSPS) is 20.9. The standard InChI is InChI=1S/C27H28N2OS/c1-27(2,3)19-12-10-17(11-13-19)18-15-22-25(23(30)16-18)26(24-9-6-14-31-24)29-21-8-5-4-7-20(21)28-22/h4-14,18,26,28-29H,15-16H2,1-3H3/t18-,26-/m1/s1. The van der Waals surface area contributed by atoms with Gasteiger partial charge in [0, 0.05) is 22.6 Å². The third-order valence-electron chi connectivity index (χ3n) is 6.38. The van der Waals surface area contributed by atoms with Gasteiger partial charge in [0.25, 0.3) is 0 Å². The molecule has 0 saturated carbocycles. The Hall–Kier alpha value is -2.85. The van der Waals surface area contributed by atoms with E-state index >= 15 is 0 Å². The predicted octanol–water partition coefficient (Wildman–Crippen LogP) is 7.03. The Balaban J connectivity index is 1.53. The summed E-state index contributed by atoms with van der Waals surface area (Å²) in [5.74, 6) is 0.430. The summed E-state index contributed by atoms with van der Waals surface area (Å²) < 4.78 is 0. The van der Waals surface area contributed by atoms with Crippen molar-refractivity contribution in [1.29, 1.82) is 0 Å². The van der Waals surface area contributed by atoms with Crippen molar-refractivity contribution in [2.75, 3.05) is 10.6 Å². The van der Waals surface area contributed by atoms with Crippen molar-refractivity contribution in [2.24, 2.45) is 0 Å². The second-order valence-corrected chi connectivity index (χ2v) is 10.5. The number of Topliss-reactive ketones (excluding diaryl/α,β-unsaturated/α-hetero) is 1. The highest BCUT2D eigenvalue weighted by molar-refractivity contribution is 7.10. The van der Waals surface area contributed by atoms with Crippen LogP contribution < -0.4 is 10.6 Å². The van der Waals surface area contributed by atoms with Gasteiger partial charge < -0.3 is 10.6 Å². The van der Waals surface area contributed by atoms with Gasteiger partial charge >= 0.3 is 0 Å². The van der Waals surface area contributed by atoms with Crippen molar-refractivity contribution >= 4 is 28.5 Å². The minimum absolute atomic E-state index is 0.108. The van der Waals surface area contributed by atoms with E-state index in [9.17, 15) is 4.79 Å². The molecular formula is C27H28N2OS. The molecule has 4 heteroatoms. The maximum absolute atomic E-state index is 13.5. The van der Waals surface area contributed by atoms with Crippen molar-refractivity contribution in [3.63, 3.8) is 0 Å². The van der Waals surface area contributed by atoms with Crippen LogP contribution in [0.3, 0.4) is 0 Å². The summed E-state index contributed by atoms with van der Waals surface area (Å²) in [5, 5.41) is 9.34. The zero-order valence-corrected chi connectivity index (χ0v) is 19.1. The lowest BCUT2D eigenvalue weighted by Gasteiger charge is -2.29. The Kier molecular flexibility index (Phi) is 4.98. The van der Waals surface area contributed by atoms with Crippen molar-refractivity contribution in [1.82, 2.24) is 0 Å². The fourth-order valence-corrected chi connectivity index (χ4v) is 5.44. The number of carbonyl (C=O) groups is 1. The first-order valence-electron chi connectivity index (χ1n) is 10.9. The third kappa shape index (κ3) is 3.81. The van der Waals surface area contributed by atoms with E-state index in [4.69, 9.17) is 0 Å². The lowest BCUT2D eigenvalue weighted by Crippen LogP contribution is -2.26. The molecule has 2 N–H and O–H groups in total. The molecular weight excluding hydrogens is 400 g/mol. The van der Waals surface area contributed by atoms with Gasteiger partial charge in [0.05, 0.1) is 17.4 Å². The van der Waals surface area contributed by atoms with Gasteiger partial charge in [0.1, 0.15) is 0 Å². The highest BCUT2D eigenvalue weighted by Gasteiger charge is 2.36. The maximum atomic E-state index is 13.5. The molecule has 3 aromatic rings. The van der Waals surface area contributed by atoms with Crippen LogP contribution in [0.5, 0.6) is 0 Å². The summed E-state index contributed by atoms with van der Waals surface area (Å²) in [6, 6.07) is 21.1. The number of ketones is 1. The summed E-state index contributed by atoms with van der Waals surface area (Å²) in [5.41, 5.74) is 6.70. The topological polar surface area (TPSA) is 41.1 Å². The minimum Gasteiger partial charge on any atom is -0.372 e. The number of fused-ring (bicyclic) bond motifs is 1. The van der Waals surface area contributed by atoms with E-state index in [2.05, 4.69) is 85.3 Å². The van der Waals surface area contributed by atoms with Crippen molar-refractivity contribution in [3.05, 3.63) is 93.3 Å². The minimum atomic E-state index is -0.108. The molecule has 1 aromatic heterocycles. The maximum Gasteiger partial charge on any atom is 0.163 e. The van der Waals surface area contributed by atoms with Gasteiger partial charge in [-0.15, -0.1) is 11.3 Å². The third-order valence-corrected chi connectivity index (χ3v) is 7.32. The molecule has 31 heavy (non-hydrogen) atoms. The number of hydrogen-bond donors (Lipinski definition) is 2. The molecule has 158 valence electrons. The summed E-state index contributed by atoms with van der Waals surface area (Å²) in [6.45, 7) is 6.69. The Labute approximate surface area is 188 Å². The molecule has 0 bridgehead atoms. The highest BCUT2D eigenvalue weighted by atomic mass is 32.1. The van der Waals surface area contributed by atoms with E-state index in [0.29, 0.717) is 6.42 Å². The van der Waals surface area contributed by atoms with E-state index in [1.165, 1.54) is 16.0 Å². The van der Waals surface area contributed by atoms with Crippen LogP contribution in [0.2, 0.25) is 0 Å². The summed E-state index contributed by atoms with van der Waals surface area (Å²) in [6.07, 6.45) is 1.39. The van der Waals surface area contributed by atoms with Gasteiger partial charge in [-0.1, -0.05) is 63.2 Å². The SMILES string of the molecule is CC(C)(C)c1ccc([C@H]2CC(=O)C3=C(C2)Nc2ccccc2N[C@@H]3c2cccs2)cc1.